The van der Waals surface area contributed by atoms with Gasteiger partial charge in [-0.25, -0.2) is 0 Å². The predicted octanol–water partition coefficient (Wildman–Crippen LogP) is 3.08. The van der Waals surface area contributed by atoms with Gasteiger partial charge in [0.25, 0.3) is 0 Å². The molecule has 1 rings (SSSR count). The summed E-state index contributed by atoms with van der Waals surface area (Å²) in [7, 11) is 0. The summed E-state index contributed by atoms with van der Waals surface area (Å²) in [5.74, 6) is 0.389. The van der Waals surface area contributed by atoms with Crippen molar-refractivity contribution in [3.63, 3.8) is 0 Å². The van der Waals surface area contributed by atoms with Crippen LogP contribution in [0.5, 0.6) is 0 Å². The fraction of sp³-hybridized carbons (Fsp3) is 0.533. The lowest BCUT2D eigenvalue weighted by Gasteiger charge is -2.21. The average molecular weight is 328 g/mol. The lowest BCUT2D eigenvalue weighted by Crippen LogP contribution is -2.41. The minimum Gasteiger partial charge on any atom is -0.394 e. The molecule has 1 aromatic rings. The van der Waals surface area contributed by atoms with E-state index in [1.165, 1.54) is 0 Å². The van der Waals surface area contributed by atoms with Crippen LogP contribution in [0.15, 0.2) is 28.7 Å². The smallest absolute Gasteiger partial charge is 0.220 e. The summed E-state index contributed by atoms with van der Waals surface area (Å²) < 4.78 is 1.04. The number of carbonyl (C=O) groups is 1. The van der Waals surface area contributed by atoms with E-state index in [0.29, 0.717) is 6.42 Å². The van der Waals surface area contributed by atoms with Gasteiger partial charge in [-0.1, -0.05) is 48.8 Å². The first-order valence-electron chi connectivity index (χ1n) is 6.59. The number of carbonyl (C=O) groups excluding carboxylic acids is 1. The van der Waals surface area contributed by atoms with Gasteiger partial charge in [-0.3, -0.25) is 4.79 Å². The molecular formula is C15H22BrNO2. The molecule has 0 spiro atoms. The molecule has 0 saturated carbocycles. The Balaban J connectivity index is 2.54. The van der Waals surface area contributed by atoms with Crippen molar-refractivity contribution in [2.75, 3.05) is 6.61 Å². The van der Waals surface area contributed by atoms with Gasteiger partial charge >= 0.3 is 0 Å². The number of halogens is 1. The summed E-state index contributed by atoms with van der Waals surface area (Å²) in [4.78, 5) is 11.9. The molecule has 2 N–H and O–H groups in total. The lowest BCUT2D eigenvalue weighted by atomic mass is 9.97. The van der Waals surface area contributed by atoms with Crippen LogP contribution >= 0.6 is 15.9 Å². The second kappa shape index (κ2) is 7.65. The molecule has 0 aliphatic carbocycles. The highest BCUT2D eigenvalue weighted by Crippen LogP contribution is 2.21. The Kier molecular flexibility index (Phi) is 6.52. The summed E-state index contributed by atoms with van der Waals surface area (Å²) in [6, 6.07) is 7.84. The van der Waals surface area contributed by atoms with Gasteiger partial charge < -0.3 is 10.4 Å². The topological polar surface area (TPSA) is 49.3 Å². The second-order valence-electron chi connectivity index (χ2n) is 5.26. The molecule has 19 heavy (non-hydrogen) atoms. The molecule has 106 valence electrons. The maximum absolute atomic E-state index is 11.9. The SMILES string of the molecule is CC(CC(=O)N[C@H](CO)C(C)C)c1ccc(Br)cc1. The van der Waals surface area contributed by atoms with Gasteiger partial charge in [-0.15, -0.1) is 0 Å². The molecule has 1 unspecified atom stereocenters. The fourth-order valence-electron chi connectivity index (χ4n) is 1.88. The Bertz CT molecular complexity index is 403. The van der Waals surface area contributed by atoms with E-state index in [2.05, 4.69) is 21.2 Å². The van der Waals surface area contributed by atoms with E-state index in [1.807, 2.05) is 45.0 Å². The minimum atomic E-state index is -0.162. The molecule has 0 bridgehead atoms. The maximum atomic E-state index is 11.9. The molecule has 1 amide bonds. The van der Waals surface area contributed by atoms with Crippen LogP contribution in [0.2, 0.25) is 0 Å². The van der Waals surface area contributed by atoms with Gasteiger partial charge in [0.05, 0.1) is 12.6 Å². The summed E-state index contributed by atoms with van der Waals surface area (Å²) in [5.41, 5.74) is 1.14. The molecule has 3 nitrogen and oxygen atoms in total. The van der Waals surface area contributed by atoms with Gasteiger partial charge in [-0.05, 0) is 29.5 Å². The van der Waals surface area contributed by atoms with Gasteiger partial charge in [0.15, 0.2) is 0 Å². The molecule has 0 fully saturated rings. The number of aliphatic hydroxyl groups is 1. The Morgan fingerprint density at radius 3 is 2.32 bits per heavy atom. The number of nitrogens with one attached hydrogen (secondary N) is 1. The number of hydrogen-bond donors (Lipinski definition) is 2. The highest BCUT2D eigenvalue weighted by Gasteiger charge is 2.17. The van der Waals surface area contributed by atoms with Crippen LogP contribution in [-0.4, -0.2) is 23.7 Å². The molecular weight excluding hydrogens is 306 g/mol. The quantitative estimate of drug-likeness (QED) is 0.843. The Morgan fingerprint density at radius 1 is 1.26 bits per heavy atom. The largest absolute Gasteiger partial charge is 0.394 e. The average Bonchev–Trinajstić information content (AvgIpc) is 2.36. The molecule has 2 atom stereocenters. The zero-order chi connectivity index (χ0) is 14.4. The highest BCUT2D eigenvalue weighted by atomic mass is 79.9. The number of amides is 1. The number of hydrogen-bond acceptors (Lipinski definition) is 2. The van der Waals surface area contributed by atoms with E-state index in [9.17, 15) is 9.90 Å². The lowest BCUT2D eigenvalue weighted by molar-refractivity contribution is -0.122. The Labute approximate surface area is 123 Å². The number of aliphatic hydroxyl groups excluding tert-OH is 1. The highest BCUT2D eigenvalue weighted by molar-refractivity contribution is 9.10. The van der Waals surface area contributed by atoms with E-state index >= 15 is 0 Å². The van der Waals surface area contributed by atoms with Crippen LogP contribution in [0.1, 0.15) is 38.7 Å². The summed E-state index contributed by atoms with van der Waals surface area (Å²) in [6.07, 6.45) is 0.435. The third-order valence-electron chi connectivity index (χ3n) is 3.28. The van der Waals surface area contributed by atoms with E-state index in [-0.39, 0.29) is 30.4 Å². The molecule has 1 aromatic carbocycles. The van der Waals surface area contributed by atoms with E-state index in [1.54, 1.807) is 0 Å². The maximum Gasteiger partial charge on any atom is 0.220 e. The third-order valence-corrected chi connectivity index (χ3v) is 3.81. The van der Waals surface area contributed by atoms with E-state index in [4.69, 9.17) is 0 Å². The van der Waals surface area contributed by atoms with Crippen LogP contribution in [-0.2, 0) is 4.79 Å². The van der Waals surface area contributed by atoms with Crippen molar-refractivity contribution in [2.45, 2.75) is 39.2 Å². The molecule has 0 aromatic heterocycles. The predicted molar refractivity (Wildman–Crippen MR) is 81.0 cm³/mol. The Hall–Kier alpha value is -0.870. The van der Waals surface area contributed by atoms with Crippen molar-refractivity contribution in [2.24, 2.45) is 5.92 Å². The first-order valence-corrected chi connectivity index (χ1v) is 7.39. The van der Waals surface area contributed by atoms with Crippen molar-refractivity contribution in [3.05, 3.63) is 34.3 Å². The van der Waals surface area contributed by atoms with Crippen molar-refractivity contribution < 1.29 is 9.90 Å². The van der Waals surface area contributed by atoms with Crippen molar-refractivity contribution in [3.8, 4) is 0 Å². The minimum absolute atomic E-state index is 0.0110. The first kappa shape index (κ1) is 16.2. The van der Waals surface area contributed by atoms with Crippen LogP contribution in [0.3, 0.4) is 0 Å². The fourth-order valence-corrected chi connectivity index (χ4v) is 2.14. The molecule has 4 heteroatoms. The monoisotopic (exact) mass is 327 g/mol. The summed E-state index contributed by atoms with van der Waals surface area (Å²) in [6.45, 7) is 5.99. The van der Waals surface area contributed by atoms with Crippen LogP contribution in [0, 0.1) is 5.92 Å². The van der Waals surface area contributed by atoms with Gasteiger partial charge in [0.1, 0.15) is 0 Å². The molecule has 0 radical (unpaired) electrons. The molecule has 0 aliphatic rings. The van der Waals surface area contributed by atoms with E-state index in [0.717, 1.165) is 10.0 Å². The zero-order valence-corrected chi connectivity index (χ0v) is 13.3. The summed E-state index contributed by atoms with van der Waals surface area (Å²) in [5, 5.41) is 12.1. The standard InChI is InChI=1S/C15H22BrNO2/c1-10(2)14(9-18)17-15(19)8-11(3)12-4-6-13(16)7-5-12/h4-7,10-11,14,18H,8-9H2,1-3H3,(H,17,19)/t11?,14-/m1/s1. The van der Waals surface area contributed by atoms with Gasteiger partial charge in [0.2, 0.25) is 5.91 Å². The van der Waals surface area contributed by atoms with Crippen molar-refractivity contribution in [1.82, 2.24) is 5.32 Å². The van der Waals surface area contributed by atoms with Crippen LogP contribution < -0.4 is 5.32 Å². The second-order valence-corrected chi connectivity index (χ2v) is 6.17. The van der Waals surface area contributed by atoms with Gasteiger partial charge in [0, 0.05) is 10.9 Å². The molecule has 0 heterocycles. The zero-order valence-electron chi connectivity index (χ0n) is 11.7. The van der Waals surface area contributed by atoms with Crippen molar-refractivity contribution >= 4 is 21.8 Å². The molecule has 0 aliphatic heterocycles. The normalized spacial score (nSPS) is 14.2. The molecule has 0 saturated heterocycles. The van der Waals surface area contributed by atoms with E-state index < -0.39 is 0 Å². The number of benzene rings is 1. The van der Waals surface area contributed by atoms with Crippen LogP contribution in [0.25, 0.3) is 0 Å². The number of rotatable bonds is 6. The Morgan fingerprint density at radius 2 is 1.84 bits per heavy atom. The summed E-state index contributed by atoms with van der Waals surface area (Å²) >= 11 is 3.40. The third kappa shape index (κ3) is 5.33. The van der Waals surface area contributed by atoms with Crippen LogP contribution in [0.4, 0.5) is 0 Å². The first-order chi connectivity index (χ1) is 8.93. The van der Waals surface area contributed by atoms with Gasteiger partial charge in [-0.2, -0.15) is 0 Å². The van der Waals surface area contributed by atoms with Crippen molar-refractivity contribution in [1.29, 1.82) is 0 Å².